The molecule has 0 fully saturated rings. The number of ether oxygens (including phenoxy) is 1. The second kappa shape index (κ2) is 9.21. The van der Waals surface area contributed by atoms with Gasteiger partial charge in [0.1, 0.15) is 17.0 Å². The van der Waals surface area contributed by atoms with Crippen LogP contribution in [-0.2, 0) is 16.4 Å². The van der Waals surface area contributed by atoms with Gasteiger partial charge in [0.25, 0.3) is 5.82 Å². The van der Waals surface area contributed by atoms with Gasteiger partial charge in [0.05, 0.1) is 34.4 Å². The average Bonchev–Trinajstić information content (AvgIpc) is 3.73. The minimum absolute atomic E-state index is 0.0233. The predicted octanol–water partition coefficient (Wildman–Crippen LogP) is 10.5. The van der Waals surface area contributed by atoms with E-state index in [2.05, 4.69) is 183 Å². The van der Waals surface area contributed by atoms with Crippen molar-refractivity contribution in [2.45, 2.75) is 64.1 Å². The summed E-state index contributed by atoms with van der Waals surface area (Å²) in [7, 11) is 2.31. The number of anilines is 3. The Kier molecular flexibility index (Phi) is 5.27. The predicted molar refractivity (Wildman–Crippen MR) is 207 cm³/mol. The third kappa shape index (κ3) is 3.40. The first-order chi connectivity index (χ1) is 24.5. The molecule has 5 heteroatoms. The maximum absolute atomic E-state index is 7.17. The maximum atomic E-state index is 7.17. The van der Waals surface area contributed by atoms with E-state index in [0.717, 1.165) is 11.5 Å². The highest BCUT2D eigenvalue weighted by molar-refractivity contribution is 6.12. The summed E-state index contributed by atoms with van der Waals surface area (Å²) in [6, 6.07) is 40.7. The normalized spacial score (nSPS) is 19.2. The molecule has 6 heterocycles. The van der Waals surface area contributed by atoms with Gasteiger partial charge in [-0.3, -0.25) is 0 Å². The Balaban J connectivity index is 1.34. The minimum Gasteiger partial charge on any atom is -0.456 e. The lowest BCUT2D eigenvalue weighted by Gasteiger charge is -2.43. The molecule has 1 spiro atoms. The van der Waals surface area contributed by atoms with Crippen molar-refractivity contribution in [3.8, 4) is 28.4 Å². The highest BCUT2D eigenvalue weighted by Gasteiger charge is 2.69. The van der Waals surface area contributed by atoms with Gasteiger partial charge in [-0.25, -0.2) is 4.57 Å². The van der Waals surface area contributed by atoms with Gasteiger partial charge in [-0.1, -0.05) is 96.1 Å². The second-order valence-electron chi connectivity index (χ2n) is 17.0. The van der Waals surface area contributed by atoms with Gasteiger partial charge in [-0.05, 0) is 76.1 Å². The number of pyridine rings is 1. The van der Waals surface area contributed by atoms with Gasteiger partial charge >= 0.3 is 0 Å². The van der Waals surface area contributed by atoms with E-state index in [4.69, 9.17) is 4.74 Å². The molecular formula is C46H41N4O+. The van der Waals surface area contributed by atoms with Gasteiger partial charge in [-0.2, -0.15) is 4.57 Å². The minimum atomic E-state index is -0.619. The molecule has 0 saturated carbocycles. The Hall–Kier alpha value is -5.55. The molecule has 2 aromatic heterocycles. The van der Waals surface area contributed by atoms with Crippen LogP contribution < -0.4 is 19.1 Å². The average molecular weight is 666 g/mol. The maximum Gasteiger partial charge on any atom is 0.288 e. The number of aromatic nitrogens is 2. The van der Waals surface area contributed by atoms with Crippen molar-refractivity contribution < 1.29 is 9.30 Å². The lowest BCUT2D eigenvalue weighted by Crippen LogP contribution is -2.70. The number of likely N-dealkylation sites (N-methyl/N-ethyl adjacent to an activating group) is 1. The van der Waals surface area contributed by atoms with Crippen molar-refractivity contribution in [1.82, 2.24) is 4.57 Å². The van der Waals surface area contributed by atoms with Crippen molar-refractivity contribution in [3.05, 3.63) is 138 Å². The van der Waals surface area contributed by atoms with Crippen LogP contribution >= 0.6 is 0 Å². The first kappa shape index (κ1) is 29.2. The van der Waals surface area contributed by atoms with E-state index in [1.54, 1.807) is 0 Å². The number of benzene rings is 5. The smallest absolute Gasteiger partial charge is 0.288 e. The number of fused-ring (bicyclic) bond motifs is 9. The van der Waals surface area contributed by atoms with Gasteiger partial charge in [-0.15, -0.1) is 0 Å². The lowest BCUT2D eigenvalue weighted by atomic mass is 9.75. The number of nitrogens with zero attached hydrogens (tertiary/aromatic N) is 4. The van der Waals surface area contributed by atoms with Crippen molar-refractivity contribution in [3.63, 3.8) is 0 Å². The molecule has 51 heavy (non-hydrogen) atoms. The van der Waals surface area contributed by atoms with Crippen LogP contribution in [0.15, 0.2) is 115 Å². The van der Waals surface area contributed by atoms with Crippen LogP contribution in [0.1, 0.15) is 63.8 Å². The summed E-state index contributed by atoms with van der Waals surface area (Å²) in [6.07, 6.45) is 2.29. The molecule has 11 rings (SSSR count). The molecule has 4 aliphatic rings. The molecule has 0 bridgehead atoms. The van der Waals surface area contributed by atoms with E-state index < -0.39 is 5.54 Å². The van der Waals surface area contributed by atoms with Gasteiger partial charge in [0, 0.05) is 29.4 Å². The Morgan fingerprint density at radius 3 is 2.22 bits per heavy atom. The summed E-state index contributed by atoms with van der Waals surface area (Å²) in [6.45, 7) is 13.9. The van der Waals surface area contributed by atoms with Crippen LogP contribution in [0.25, 0.3) is 38.8 Å². The molecule has 0 saturated heterocycles. The number of hydrogen-bond donors (Lipinski definition) is 0. The number of rotatable bonds is 1. The quantitative estimate of drug-likeness (QED) is 0.163. The summed E-state index contributed by atoms with van der Waals surface area (Å²) >= 11 is 0. The molecule has 0 radical (unpaired) electrons. The van der Waals surface area contributed by atoms with Crippen molar-refractivity contribution in [1.29, 1.82) is 0 Å². The molecule has 7 aromatic rings. The van der Waals surface area contributed by atoms with E-state index in [9.17, 15) is 0 Å². The van der Waals surface area contributed by atoms with Gasteiger partial charge < -0.3 is 14.5 Å². The Morgan fingerprint density at radius 2 is 1.43 bits per heavy atom. The van der Waals surface area contributed by atoms with E-state index in [0.29, 0.717) is 0 Å². The molecule has 5 nitrogen and oxygen atoms in total. The molecule has 2 unspecified atom stereocenters. The summed E-state index contributed by atoms with van der Waals surface area (Å²) < 4.78 is 12.3. The van der Waals surface area contributed by atoms with Crippen LogP contribution in [0.2, 0.25) is 0 Å². The highest BCUT2D eigenvalue weighted by Crippen LogP contribution is 2.67. The van der Waals surface area contributed by atoms with Crippen LogP contribution in [0, 0.1) is 0 Å². The topological polar surface area (TPSA) is 24.5 Å². The zero-order chi connectivity index (χ0) is 34.8. The third-order valence-electron chi connectivity index (χ3n) is 12.1. The first-order valence-electron chi connectivity index (χ1n) is 18.2. The summed E-state index contributed by atoms with van der Waals surface area (Å²) in [5, 5.41) is 2.52. The molecule has 4 aliphatic heterocycles. The van der Waals surface area contributed by atoms with Crippen molar-refractivity contribution >= 4 is 38.9 Å². The van der Waals surface area contributed by atoms with Crippen LogP contribution in [0.4, 0.5) is 17.1 Å². The molecular weight excluding hydrogens is 625 g/mol. The largest absolute Gasteiger partial charge is 0.456 e. The fourth-order valence-electron chi connectivity index (χ4n) is 9.81. The van der Waals surface area contributed by atoms with E-state index in [-0.39, 0.29) is 17.0 Å². The Labute approximate surface area is 298 Å². The first-order valence-corrected chi connectivity index (χ1v) is 18.2. The third-order valence-corrected chi connectivity index (χ3v) is 12.1. The van der Waals surface area contributed by atoms with E-state index >= 15 is 0 Å². The van der Waals surface area contributed by atoms with E-state index in [1.807, 2.05) is 0 Å². The molecule has 0 aliphatic carbocycles. The fraction of sp³-hybridized carbons (Fsp3) is 0.239. The van der Waals surface area contributed by atoms with Crippen LogP contribution in [0.5, 0.6) is 11.5 Å². The Morgan fingerprint density at radius 1 is 0.667 bits per heavy atom. The molecule has 0 N–H and O–H groups in total. The molecule has 2 atom stereocenters. The van der Waals surface area contributed by atoms with Gasteiger partial charge in [0.15, 0.2) is 11.7 Å². The molecule has 250 valence electrons. The fourth-order valence-corrected chi connectivity index (χ4v) is 9.81. The Bertz CT molecular complexity index is 2670. The summed E-state index contributed by atoms with van der Waals surface area (Å²) in [5.41, 5.74) is 13.0. The van der Waals surface area contributed by atoms with Crippen molar-refractivity contribution in [2.75, 3.05) is 16.8 Å². The number of para-hydroxylation sites is 2. The standard InChI is InChI=1S/C46H41N4O/c1-44(2,3)28-22-23-48-38(26-28)50-33-18-12-11-16-31(33)32-20-21-36-40(42(32)50)46(48)39-35(24-29(45(4,5)6)25-37(39)51-36)49-34-19-13-17-30(27-14-9-8-10-15-27)41(34)47(7)43(46)49/h8-26,43H,1-7H3/q+1. The summed E-state index contributed by atoms with van der Waals surface area (Å²) in [4.78, 5) is 5.21. The molecule has 0 amide bonds. The zero-order valence-electron chi connectivity index (χ0n) is 30.2. The van der Waals surface area contributed by atoms with Crippen LogP contribution in [-0.4, -0.2) is 17.8 Å². The summed E-state index contributed by atoms with van der Waals surface area (Å²) in [5.74, 6) is 3.07. The van der Waals surface area contributed by atoms with Crippen molar-refractivity contribution in [2.24, 2.45) is 0 Å². The highest BCUT2D eigenvalue weighted by atomic mass is 16.5. The van der Waals surface area contributed by atoms with Gasteiger partial charge in [0.2, 0.25) is 5.54 Å². The molecule has 5 aromatic carbocycles. The second-order valence-corrected chi connectivity index (χ2v) is 17.0. The van der Waals surface area contributed by atoms with E-state index in [1.165, 1.54) is 78.1 Å². The zero-order valence-corrected chi connectivity index (χ0v) is 30.2. The number of hydrogen-bond acceptors (Lipinski definition) is 3. The lowest BCUT2D eigenvalue weighted by molar-refractivity contribution is -0.741. The SMILES string of the molecule is CN1c2c(-c3ccccc3)cccc2N2c3cc(C(C)(C)C)cc4c3C3(c5c(ccc6c7ccccc7n(c56)-c5cc(C(C)(C)C)cc[n+]53)O4)C12. The van der Waals surface area contributed by atoms with Crippen LogP contribution in [0.3, 0.4) is 0 Å². The monoisotopic (exact) mass is 665 g/mol.